The van der Waals surface area contributed by atoms with Crippen molar-refractivity contribution in [2.24, 2.45) is 7.05 Å². The summed E-state index contributed by atoms with van der Waals surface area (Å²) in [6.45, 7) is 0.448. The molecular weight excluding hydrogens is 312 g/mol. The van der Waals surface area contributed by atoms with Crippen molar-refractivity contribution in [3.8, 4) is 0 Å². The van der Waals surface area contributed by atoms with E-state index in [0.717, 1.165) is 0 Å². The largest absolute Gasteiger partial charge is 0.467 e. The van der Waals surface area contributed by atoms with E-state index in [1.54, 1.807) is 31.3 Å². The van der Waals surface area contributed by atoms with Gasteiger partial charge in [0.1, 0.15) is 11.5 Å². The molecule has 0 atom stereocenters. The lowest BCUT2D eigenvalue weighted by Crippen LogP contribution is -2.28. The standard InChI is InChI=1S/C16H16N4O4/c1-20-10-13(15(21)17-8-11-4-2-6-23-11)14(19-20)16(22)18-9-12-5-3-7-24-12/h2-7,10H,8-9H2,1H3,(H,17,21)(H,18,22). The lowest BCUT2D eigenvalue weighted by molar-refractivity contribution is 0.0911. The number of carbonyl (C=O) groups excluding carboxylic acids is 2. The van der Waals surface area contributed by atoms with Crippen molar-refractivity contribution in [1.29, 1.82) is 0 Å². The number of carbonyl (C=O) groups is 2. The molecule has 0 aliphatic heterocycles. The van der Waals surface area contributed by atoms with E-state index in [2.05, 4.69) is 15.7 Å². The van der Waals surface area contributed by atoms with Crippen LogP contribution < -0.4 is 10.6 Å². The van der Waals surface area contributed by atoms with Gasteiger partial charge in [0.05, 0.1) is 31.2 Å². The summed E-state index contributed by atoms with van der Waals surface area (Å²) in [4.78, 5) is 24.6. The Hall–Kier alpha value is -3.29. The molecule has 0 aliphatic carbocycles. The van der Waals surface area contributed by atoms with E-state index >= 15 is 0 Å². The molecular formula is C16H16N4O4. The molecule has 0 unspecified atom stereocenters. The van der Waals surface area contributed by atoms with E-state index < -0.39 is 11.8 Å². The van der Waals surface area contributed by atoms with Gasteiger partial charge in [-0.25, -0.2) is 0 Å². The first kappa shape index (κ1) is 15.6. The van der Waals surface area contributed by atoms with Gasteiger partial charge in [-0.1, -0.05) is 0 Å². The Kier molecular flexibility index (Phi) is 4.46. The Morgan fingerprint density at radius 3 is 2.17 bits per heavy atom. The van der Waals surface area contributed by atoms with Gasteiger partial charge in [0, 0.05) is 13.2 Å². The quantitative estimate of drug-likeness (QED) is 0.713. The zero-order valence-corrected chi connectivity index (χ0v) is 13.0. The zero-order valence-electron chi connectivity index (χ0n) is 13.0. The third kappa shape index (κ3) is 3.54. The average molecular weight is 328 g/mol. The van der Waals surface area contributed by atoms with Crippen LogP contribution >= 0.6 is 0 Å². The summed E-state index contributed by atoms with van der Waals surface area (Å²) < 4.78 is 11.7. The SMILES string of the molecule is Cn1cc(C(=O)NCc2ccco2)c(C(=O)NCc2ccco2)n1. The van der Waals surface area contributed by atoms with Gasteiger partial charge in [-0.15, -0.1) is 0 Å². The number of furan rings is 2. The molecule has 0 fully saturated rings. The van der Waals surface area contributed by atoms with Crippen molar-refractivity contribution in [3.63, 3.8) is 0 Å². The molecule has 3 heterocycles. The molecule has 8 nitrogen and oxygen atoms in total. The highest BCUT2D eigenvalue weighted by molar-refractivity contribution is 6.05. The summed E-state index contributed by atoms with van der Waals surface area (Å²) in [5.41, 5.74) is 0.252. The molecule has 2 N–H and O–H groups in total. The molecule has 0 saturated carbocycles. The summed E-state index contributed by atoms with van der Waals surface area (Å²) in [5, 5.41) is 9.43. The molecule has 24 heavy (non-hydrogen) atoms. The molecule has 124 valence electrons. The molecule has 0 spiro atoms. The van der Waals surface area contributed by atoms with Gasteiger partial charge < -0.3 is 19.5 Å². The van der Waals surface area contributed by atoms with Gasteiger partial charge in [-0.3, -0.25) is 14.3 Å². The predicted molar refractivity (Wildman–Crippen MR) is 83.0 cm³/mol. The molecule has 3 aromatic heterocycles. The monoisotopic (exact) mass is 328 g/mol. The fourth-order valence-corrected chi connectivity index (χ4v) is 2.16. The Bertz CT molecular complexity index is 751. The highest BCUT2D eigenvalue weighted by Crippen LogP contribution is 2.08. The smallest absolute Gasteiger partial charge is 0.272 e. The number of aryl methyl sites for hydroxylation is 1. The van der Waals surface area contributed by atoms with E-state index in [1.165, 1.54) is 23.4 Å². The van der Waals surface area contributed by atoms with Crippen molar-refractivity contribution in [2.75, 3.05) is 0 Å². The van der Waals surface area contributed by atoms with Gasteiger partial charge in [0.2, 0.25) is 0 Å². The van der Waals surface area contributed by atoms with Crippen molar-refractivity contribution in [3.05, 3.63) is 65.8 Å². The van der Waals surface area contributed by atoms with Crippen LogP contribution in [0.4, 0.5) is 0 Å². The van der Waals surface area contributed by atoms with Crippen molar-refractivity contribution in [2.45, 2.75) is 13.1 Å². The second-order valence-corrected chi connectivity index (χ2v) is 5.09. The summed E-state index contributed by atoms with van der Waals surface area (Å²) in [7, 11) is 1.65. The van der Waals surface area contributed by atoms with Gasteiger partial charge in [-0.2, -0.15) is 5.10 Å². The number of rotatable bonds is 6. The number of nitrogens with zero attached hydrogens (tertiary/aromatic N) is 2. The highest BCUT2D eigenvalue weighted by atomic mass is 16.3. The molecule has 2 amide bonds. The van der Waals surface area contributed by atoms with Crippen molar-refractivity contribution >= 4 is 11.8 Å². The molecule has 8 heteroatoms. The normalized spacial score (nSPS) is 10.5. The first-order chi connectivity index (χ1) is 11.6. The molecule has 0 aliphatic rings. The number of hydrogen-bond donors (Lipinski definition) is 2. The van der Waals surface area contributed by atoms with Crippen LogP contribution in [0.3, 0.4) is 0 Å². The predicted octanol–water partition coefficient (Wildman–Crippen LogP) is 1.47. The molecule has 0 radical (unpaired) electrons. The van der Waals surface area contributed by atoms with Gasteiger partial charge in [-0.05, 0) is 24.3 Å². The number of hydrogen-bond acceptors (Lipinski definition) is 5. The number of amides is 2. The fourth-order valence-electron chi connectivity index (χ4n) is 2.16. The van der Waals surface area contributed by atoms with Crippen LogP contribution in [-0.4, -0.2) is 21.6 Å². The van der Waals surface area contributed by atoms with Gasteiger partial charge in [0.15, 0.2) is 5.69 Å². The maximum atomic E-state index is 12.3. The minimum absolute atomic E-state index is 0.0565. The number of aromatic nitrogens is 2. The lowest BCUT2D eigenvalue weighted by atomic mass is 10.2. The third-order valence-electron chi connectivity index (χ3n) is 3.30. The second-order valence-electron chi connectivity index (χ2n) is 5.09. The summed E-state index contributed by atoms with van der Waals surface area (Å²) in [6.07, 6.45) is 4.55. The van der Waals surface area contributed by atoms with E-state index in [1.807, 2.05) is 0 Å². The maximum Gasteiger partial charge on any atom is 0.272 e. The minimum Gasteiger partial charge on any atom is -0.467 e. The summed E-state index contributed by atoms with van der Waals surface area (Å²) >= 11 is 0. The molecule has 0 bridgehead atoms. The van der Waals surface area contributed by atoms with E-state index in [-0.39, 0.29) is 24.3 Å². The van der Waals surface area contributed by atoms with Crippen LogP contribution in [0.25, 0.3) is 0 Å². The Morgan fingerprint density at radius 2 is 1.62 bits per heavy atom. The first-order valence-corrected chi connectivity index (χ1v) is 7.28. The van der Waals surface area contributed by atoms with E-state index in [9.17, 15) is 9.59 Å². The maximum absolute atomic E-state index is 12.3. The second kappa shape index (κ2) is 6.86. The third-order valence-corrected chi connectivity index (χ3v) is 3.30. The lowest BCUT2D eigenvalue weighted by Gasteiger charge is -2.04. The highest BCUT2D eigenvalue weighted by Gasteiger charge is 2.21. The zero-order chi connectivity index (χ0) is 16.9. The molecule has 3 rings (SSSR count). The topological polar surface area (TPSA) is 102 Å². The Morgan fingerprint density at radius 1 is 1.04 bits per heavy atom. The van der Waals surface area contributed by atoms with Crippen molar-refractivity contribution < 1.29 is 18.4 Å². The van der Waals surface area contributed by atoms with Crippen LogP contribution in [0.1, 0.15) is 32.4 Å². The minimum atomic E-state index is -0.449. The van der Waals surface area contributed by atoms with Crippen molar-refractivity contribution in [1.82, 2.24) is 20.4 Å². The summed E-state index contributed by atoms with van der Waals surface area (Å²) in [5.74, 6) is 0.386. The van der Waals surface area contributed by atoms with Crippen LogP contribution in [-0.2, 0) is 20.1 Å². The Labute approximate surface area is 137 Å². The average Bonchev–Trinajstić information content (AvgIpc) is 3.31. The van der Waals surface area contributed by atoms with Crippen LogP contribution in [0.2, 0.25) is 0 Å². The van der Waals surface area contributed by atoms with E-state index in [0.29, 0.717) is 11.5 Å². The first-order valence-electron chi connectivity index (χ1n) is 7.28. The molecule has 0 saturated heterocycles. The molecule has 3 aromatic rings. The Balaban J connectivity index is 1.67. The van der Waals surface area contributed by atoms with Gasteiger partial charge >= 0.3 is 0 Å². The van der Waals surface area contributed by atoms with Crippen LogP contribution in [0, 0.1) is 0 Å². The fraction of sp³-hybridized carbons (Fsp3) is 0.188. The van der Waals surface area contributed by atoms with Crippen LogP contribution in [0.5, 0.6) is 0 Å². The van der Waals surface area contributed by atoms with Gasteiger partial charge in [0.25, 0.3) is 11.8 Å². The molecule has 0 aromatic carbocycles. The number of nitrogens with one attached hydrogen (secondary N) is 2. The summed E-state index contributed by atoms with van der Waals surface area (Å²) in [6, 6.07) is 6.96. The van der Waals surface area contributed by atoms with Crippen LogP contribution in [0.15, 0.2) is 51.8 Å². The van der Waals surface area contributed by atoms with E-state index in [4.69, 9.17) is 8.83 Å².